The Morgan fingerprint density at radius 1 is 1.06 bits per heavy atom. The van der Waals surface area contributed by atoms with E-state index in [1.807, 2.05) is 18.2 Å². The van der Waals surface area contributed by atoms with Crippen LogP contribution < -0.4 is 5.32 Å². The molecule has 3 aromatic rings. The van der Waals surface area contributed by atoms with Gasteiger partial charge in [-0.25, -0.2) is 9.59 Å². The van der Waals surface area contributed by atoms with E-state index in [-0.39, 0.29) is 5.75 Å². The van der Waals surface area contributed by atoms with Gasteiger partial charge in [-0.1, -0.05) is 52.3 Å². The van der Waals surface area contributed by atoms with Crippen molar-refractivity contribution < 1.29 is 29.3 Å². The molecule has 0 fully saturated rings. The Labute approximate surface area is 199 Å². The second-order valence-electron chi connectivity index (χ2n) is 7.27. The van der Waals surface area contributed by atoms with Crippen LogP contribution in [0.4, 0.5) is 10.5 Å². The van der Waals surface area contributed by atoms with Crippen LogP contribution in [0, 0.1) is 0 Å². The smallest absolute Gasteiger partial charge is 0.412 e. The maximum absolute atomic E-state index is 12.8. The fraction of sp³-hybridized carbons (Fsp3) is 0.200. The molecule has 0 aromatic heterocycles. The quantitative estimate of drug-likeness (QED) is 0.301. The Morgan fingerprint density at radius 2 is 1.76 bits per heavy atom. The third-order valence-corrected chi connectivity index (χ3v) is 5.61. The van der Waals surface area contributed by atoms with Crippen molar-refractivity contribution in [3.05, 3.63) is 82.9 Å². The molecule has 3 aromatic carbocycles. The summed E-state index contributed by atoms with van der Waals surface area (Å²) in [5.74, 6) is -0.916. The summed E-state index contributed by atoms with van der Waals surface area (Å²) in [5.41, 5.74) is 1.24. The number of aromatic hydroxyl groups is 1. The Kier molecular flexibility index (Phi) is 8.46. The molecule has 33 heavy (non-hydrogen) atoms. The molecule has 8 heteroatoms. The minimum atomic E-state index is -1.03. The second-order valence-corrected chi connectivity index (χ2v) is 8.19. The molecular weight excluding hydrogens is 490 g/mol. The van der Waals surface area contributed by atoms with Gasteiger partial charge in [0.2, 0.25) is 0 Å². The highest BCUT2D eigenvalue weighted by Gasteiger charge is 2.29. The number of carbonyl (C=O) groups excluding carboxylic acids is 1. The van der Waals surface area contributed by atoms with E-state index in [0.29, 0.717) is 29.5 Å². The molecule has 0 aliphatic rings. The third kappa shape index (κ3) is 6.57. The molecule has 7 nitrogen and oxygen atoms in total. The number of carboxylic acid groups (broad SMARTS) is 1. The molecule has 0 unspecified atom stereocenters. The topological polar surface area (TPSA) is 105 Å². The number of hydrogen-bond acceptors (Lipinski definition) is 5. The summed E-state index contributed by atoms with van der Waals surface area (Å²) in [5, 5.41) is 23.2. The van der Waals surface area contributed by atoms with Crippen LogP contribution in [0.1, 0.15) is 24.5 Å². The molecular formula is C25H24BrNO6. The predicted molar refractivity (Wildman–Crippen MR) is 129 cm³/mol. The van der Waals surface area contributed by atoms with Crippen molar-refractivity contribution in [2.45, 2.75) is 25.0 Å². The van der Waals surface area contributed by atoms with E-state index in [4.69, 9.17) is 14.6 Å². The first-order valence-electron chi connectivity index (χ1n) is 10.2. The van der Waals surface area contributed by atoms with Gasteiger partial charge >= 0.3 is 12.1 Å². The summed E-state index contributed by atoms with van der Waals surface area (Å²) in [4.78, 5) is 23.5. The number of hydrogen-bond donors (Lipinski definition) is 3. The Bertz CT molecular complexity index is 1150. The van der Waals surface area contributed by atoms with Crippen molar-refractivity contribution in [3.8, 4) is 5.75 Å². The van der Waals surface area contributed by atoms with E-state index in [0.717, 1.165) is 15.9 Å². The van der Waals surface area contributed by atoms with E-state index < -0.39 is 24.3 Å². The van der Waals surface area contributed by atoms with Gasteiger partial charge in [0.25, 0.3) is 0 Å². The van der Waals surface area contributed by atoms with E-state index in [9.17, 15) is 14.7 Å². The number of rotatable bonds is 9. The number of aliphatic carboxylic acids is 1. The van der Waals surface area contributed by atoms with Crippen molar-refractivity contribution in [3.63, 3.8) is 0 Å². The van der Waals surface area contributed by atoms with Crippen molar-refractivity contribution >= 4 is 44.5 Å². The first-order valence-corrected chi connectivity index (χ1v) is 11.0. The molecule has 3 N–H and O–H groups in total. The number of fused-ring (bicyclic) bond motifs is 1. The van der Waals surface area contributed by atoms with E-state index in [1.54, 1.807) is 42.5 Å². The molecule has 0 heterocycles. The molecule has 0 spiro atoms. The fourth-order valence-electron chi connectivity index (χ4n) is 3.53. The van der Waals surface area contributed by atoms with E-state index >= 15 is 0 Å². The lowest BCUT2D eigenvalue weighted by atomic mass is 9.94. The van der Waals surface area contributed by atoms with Crippen molar-refractivity contribution in [1.29, 1.82) is 0 Å². The summed E-state index contributed by atoms with van der Waals surface area (Å²) >= 11 is 3.36. The molecule has 0 aliphatic carbocycles. The van der Waals surface area contributed by atoms with Crippen LogP contribution in [-0.2, 0) is 14.3 Å². The molecule has 3 rings (SSSR count). The minimum absolute atomic E-state index is 0.116. The largest absolute Gasteiger partial charge is 0.507 e. The van der Waals surface area contributed by atoms with Gasteiger partial charge in [0.15, 0.2) is 6.10 Å². The highest BCUT2D eigenvalue weighted by molar-refractivity contribution is 9.10. The van der Waals surface area contributed by atoms with E-state index in [2.05, 4.69) is 21.2 Å². The van der Waals surface area contributed by atoms with Crippen LogP contribution in [0.25, 0.3) is 10.8 Å². The molecule has 0 bridgehead atoms. The van der Waals surface area contributed by atoms with Gasteiger partial charge in [-0.15, -0.1) is 0 Å². The van der Waals surface area contributed by atoms with Gasteiger partial charge < -0.3 is 19.7 Å². The molecule has 1 amide bonds. The zero-order valence-corrected chi connectivity index (χ0v) is 19.5. The van der Waals surface area contributed by atoms with Crippen molar-refractivity contribution in [2.24, 2.45) is 0 Å². The van der Waals surface area contributed by atoms with Gasteiger partial charge in [-0.05, 0) is 48.6 Å². The summed E-state index contributed by atoms with van der Waals surface area (Å²) in [6.45, 7) is 0. The summed E-state index contributed by atoms with van der Waals surface area (Å²) in [7, 11) is 1.51. The number of phenols is 1. The van der Waals surface area contributed by atoms with Gasteiger partial charge in [0, 0.05) is 34.3 Å². The maximum Gasteiger partial charge on any atom is 0.412 e. The number of amides is 1. The number of methoxy groups -OCH3 is 1. The highest BCUT2D eigenvalue weighted by atomic mass is 79.9. The molecule has 2 atom stereocenters. The molecule has 0 radical (unpaired) electrons. The lowest BCUT2D eigenvalue weighted by Gasteiger charge is -2.27. The Hall–Kier alpha value is -3.36. The summed E-state index contributed by atoms with van der Waals surface area (Å²) < 4.78 is 12.4. The van der Waals surface area contributed by atoms with Crippen molar-refractivity contribution in [2.75, 3.05) is 12.4 Å². The lowest BCUT2D eigenvalue weighted by Crippen LogP contribution is -2.28. The number of ether oxygens (including phenoxy) is 2. The van der Waals surface area contributed by atoms with Crippen LogP contribution in [0.5, 0.6) is 5.75 Å². The Morgan fingerprint density at radius 3 is 2.42 bits per heavy atom. The van der Waals surface area contributed by atoms with Crippen LogP contribution in [-0.4, -0.2) is 35.5 Å². The molecule has 0 aliphatic heterocycles. The maximum atomic E-state index is 12.8. The fourth-order valence-corrected chi connectivity index (χ4v) is 3.79. The number of halogens is 1. The highest BCUT2D eigenvalue weighted by Crippen LogP contribution is 2.36. The molecule has 0 saturated carbocycles. The van der Waals surface area contributed by atoms with Crippen LogP contribution >= 0.6 is 15.9 Å². The number of anilines is 1. The molecule has 0 saturated heterocycles. The van der Waals surface area contributed by atoms with Crippen LogP contribution in [0.15, 0.2) is 77.3 Å². The number of carbonyl (C=O) groups is 2. The number of benzene rings is 3. The van der Waals surface area contributed by atoms with E-state index in [1.165, 1.54) is 13.2 Å². The molecule has 172 valence electrons. The summed E-state index contributed by atoms with van der Waals surface area (Å²) in [6, 6.07) is 17.6. The third-order valence-electron chi connectivity index (χ3n) is 5.08. The number of phenolic OH excluding ortho intramolecular Hbond substituents is 1. The first kappa shape index (κ1) is 24.3. The second kappa shape index (κ2) is 11.5. The van der Waals surface area contributed by atoms with Crippen LogP contribution in [0.2, 0.25) is 0 Å². The SMILES string of the molecule is CO[C@H](CC/C=C/C(=O)O)[C@H](OC(=O)Nc1ccc(Br)cc1)c1ccc(O)c2ccccc12. The average Bonchev–Trinajstić information content (AvgIpc) is 2.80. The van der Waals surface area contributed by atoms with Crippen LogP contribution in [0.3, 0.4) is 0 Å². The average molecular weight is 514 g/mol. The van der Waals surface area contributed by atoms with Gasteiger partial charge in [-0.3, -0.25) is 5.32 Å². The van der Waals surface area contributed by atoms with Gasteiger partial charge in [-0.2, -0.15) is 0 Å². The zero-order chi connectivity index (χ0) is 23.8. The summed E-state index contributed by atoms with van der Waals surface area (Å²) in [6.07, 6.45) is 1.38. The monoisotopic (exact) mass is 513 g/mol. The standard InChI is InChI=1S/C25H24BrNO6/c1-32-22(8-4-5-9-23(29)30)24(33-25(31)27-17-12-10-16(26)11-13-17)20-14-15-21(28)19-7-3-2-6-18(19)20/h2-3,5-7,9-15,22,24,28H,4,8H2,1H3,(H,27,31)(H,29,30)/b9-5+/t22-,24-/m1/s1. The lowest BCUT2D eigenvalue weighted by molar-refractivity contribution is -0.131. The zero-order valence-electron chi connectivity index (χ0n) is 17.9. The van der Waals surface area contributed by atoms with Gasteiger partial charge in [0.1, 0.15) is 5.75 Å². The number of nitrogens with one attached hydrogen (secondary N) is 1. The predicted octanol–water partition coefficient (Wildman–Crippen LogP) is 6.03. The number of carboxylic acids is 1. The van der Waals surface area contributed by atoms with Gasteiger partial charge in [0.05, 0.1) is 6.10 Å². The minimum Gasteiger partial charge on any atom is -0.507 e. The number of allylic oxidation sites excluding steroid dienone is 1. The van der Waals surface area contributed by atoms with Crippen molar-refractivity contribution in [1.82, 2.24) is 0 Å². The Balaban J connectivity index is 1.92. The normalized spacial score (nSPS) is 13.0. The first-order chi connectivity index (χ1) is 15.9.